The highest BCUT2D eigenvalue weighted by Gasteiger charge is 2.24. The predicted molar refractivity (Wildman–Crippen MR) is 116 cm³/mol. The van der Waals surface area contributed by atoms with Gasteiger partial charge in [-0.25, -0.2) is 4.39 Å². The third kappa shape index (κ3) is 5.64. The van der Waals surface area contributed by atoms with Gasteiger partial charge in [-0.3, -0.25) is 9.69 Å². The van der Waals surface area contributed by atoms with Crippen LogP contribution in [-0.4, -0.2) is 55.5 Å². The van der Waals surface area contributed by atoms with Crippen LogP contribution in [-0.2, 0) is 5.41 Å². The Morgan fingerprint density at radius 1 is 1.00 bits per heavy atom. The Morgan fingerprint density at radius 2 is 1.59 bits per heavy atom. The number of halogens is 1. The largest absolute Gasteiger partial charge is 0.350 e. The summed E-state index contributed by atoms with van der Waals surface area (Å²) < 4.78 is 13.4. The van der Waals surface area contributed by atoms with Gasteiger partial charge in [-0.1, -0.05) is 45.0 Å². The number of nitrogens with one attached hydrogen (secondary N) is 1. The molecule has 1 N–H and O–H groups in total. The van der Waals surface area contributed by atoms with Gasteiger partial charge >= 0.3 is 0 Å². The average molecular weight is 398 g/mol. The molecule has 0 aromatic heterocycles. The van der Waals surface area contributed by atoms with Crippen LogP contribution >= 0.6 is 0 Å². The van der Waals surface area contributed by atoms with Gasteiger partial charge in [0.05, 0.1) is 6.04 Å². The Kier molecular flexibility index (Phi) is 6.70. The number of carbonyl (C=O) groups is 1. The van der Waals surface area contributed by atoms with Crippen LogP contribution < -0.4 is 5.32 Å². The summed E-state index contributed by atoms with van der Waals surface area (Å²) >= 11 is 0. The van der Waals surface area contributed by atoms with Crippen LogP contribution in [0.4, 0.5) is 4.39 Å². The van der Waals surface area contributed by atoms with Gasteiger partial charge in [0, 0.05) is 38.3 Å². The van der Waals surface area contributed by atoms with Crippen LogP contribution in [0, 0.1) is 5.82 Å². The first-order valence-electron chi connectivity index (χ1n) is 10.3. The van der Waals surface area contributed by atoms with Crippen LogP contribution in [0.2, 0.25) is 0 Å². The molecule has 0 aliphatic carbocycles. The fourth-order valence-corrected chi connectivity index (χ4v) is 3.69. The lowest BCUT2D eigenvalue weighted by Gasteiger charge is -2.38. The molecule has 1 amide bonds. The molecule has 0 spiro atoms. The maximum Gasteiger partial charge on any atom is 0.251 e. The number of hydrogen-bond donors (Lipinski definition) is 1. The number of hydrogen-bond acceptors (Lipinski definition) is 3. The Labute approximate surface area is 173 Å². The van der Waals surface area contributed by atoms with E-state index in [1.54, 1.807) is 0 Å². The summed E-state index contributed by atoms with van der Waals surface area (Å²) in [7, 11) is 2.12. The first-order chi connectivity index (χ1) is 13.7. The molecule has 2 aromatic rings. The van der Waals surface area contributed by atoms with Crippen LogP contribution in [0.5, 0.6) is 0 Å². The molecule has 0 bridgehead atoms. The van der Waals surface area contributed by atoms with Crippen LogP contribution in [0.3, 0.4) is 0 Å². The van der Waals surface area contributed by atoms with Crippen LogP contribution in [0.15, 0.2) is 48.5 Å². The highest BCUT2D eigenvalue weighted by molar-refractivity contribution is 5.94. The predicted octanol–water partition coefficient (Wildman–Crippen LogP) is 3.84. The monoisotopic (exact) mass is 397 g/mol. The lowest BCUT2D eigenvalue weighted by molar-refractivity contribution is 0.0886. The topological polar surface area (TPSA) is 35.6 Å². The van der Waals surface area contributed by atoms with Gasteiger partial charge in [0.2, 0.25) is 0 Å². The Bertz CT molecular complexity index is 804. The van der Waals surface area contributed by atoms with E-state index in [2.05, 4.69) is 42.9 Å². The number of rotatable bonds is 5. The number of nitrogens with zero attached hydrogens (tertiary/aromatic N) is 2. The van der Waals surface area contributed by atoms with E-state index in [-0.39, 0.29) is 23.2 Å². The maximum absolute atomic E-state index is 13.4. The van der Waals surface area contributed by atoms with Crippen molar-refractivity contribution < 1.29 is 9.18 Å². The zero-order valence-electron chi connectivity index (χ0n) is 17.9. The lowest BCUT2D eigenvalue weighted by atomic mass is 9.87. The molecule has 156 valence electrons. The Balaban J connectivity index is 1.70. The van der Waals surface area contributed by atoms with E-state index in [0.717, 1.165) is 31.7 Å². The van der Waals surface area contributed by atoms with E-state index < -0.39 is 0 Å². The summed E-state index contributed by atoms with van der Waals surface area (Å²) in [6, 6.07) is 14.5. The number of likely N-dealkylation sites (N-methyl/N-ethyl adjacent to an activating group) is 1. The van der Waals surface area contributed by atoms with Crippen molar-refractivity contribution >= 4 is 5.91 Å². The van der Waals surface area contributed by atoms with Gasteiger partial charge in [-0.2, -0.15) is 0 Å². The molecule has 1 saturated heterocycles. The summed E-state index contributed by atoms with van der Waals surface area (Å²) in [5.41, 5.74) is 2.95. The van der Waals surface area contributed by atoms with Crippen molar-refractivity contribution in [1.82, 2.24) is 15.1 Å². The SMILES string of the molecule is CN1CCN(C(CNC(=O)c2ccc(C(C)(C)C)cc2)c2ccc(F)cc2)CC1. The van der Waals surface area contributed by atoms with Crippen molar-refractivity contribution in [2.45, 2.75) is 32.2 Å². The fraction of sp³-hybridized carbons (Fsp3) is 0.458. The standard InChI is InChI=1S/C24H32FN3O/c1-24(2,3)20-9-5-19(6-10-20)23(29)26-17-22(18-7-11-21(25)12-8-18)28-15-13-27(4)14-16-28/h5-12,22H,13-17H2,1-4H3,(H,26,29). The third-order valence-corrected chi connectivity index (χ3v) is 5.70. The molecule has 5 heteroatoms. The van der Waals surface area contributed by atoms with E-state index in [9.17, 15) is 9.18 Å². The number of piperazine rings is 1. The summed E-state index contributed by atoms with van der Waals surface area (Å²) in [5.74, 6) is -0.319. The smallest absolute Gasteiger partial charge is 0.251 e. The molecule has 1 aliphatic heterocycles. The van der Waals surface area contributed by atoms with Gasteiger partial charge in [0.25, 0.3) is 5.91 Å². The molecule has 2 aromatic carbocycles. The van der Waals surface area contributed by atoms with Crippen molar-refractivity contribution in [2.75, 3.05) is 39.8 Å². The molecule has 1 heterocycles. The minimum Gasteiger partial charge on any atom is -0.350 e. The number of carbonyl (C=O) groups excluding carboxylic acids is 1. The normalized spacial score (nSPS) is 17.1. The van der Waals surface area contributed by atoms with Gasteiger partial charge < -0.3 is 10.2 Å². The Hall–Kier alpha value is -2.24. The van der Waals surface area contributed by atoms with Crippen molar-refractivity contribution in [1.29, 1.82) is 0 Å². The van der Waals surface area contributed by atoms with Gasteiger partial charge in [-0.05, 0) is 47.9 Å². The minimum atomic E-state index is -0.242. The van der Waals surface area contributed by atoms with E-state index in [0.29, 0.717) is 12.1 Å². The molecular formula is C24H32FN3O. The van der Waals surface area contributed by atoms with Crippen LogP contribution in [0.25, 0.3) is 0 Å². The summed E-state index contributed by atoms with van der Waals surface area (Å²) in [6.07, 6.45) is 0. The molecule has 1 fully saturated rings. The molecule has 0 radical (unpaired) electrons. The second-order valence-electron chi connectivity index (χ2n) is 8.94. The van der Waals surface area contributed by atoms with E-state index in [4.69, 9.17) is 0 Å². The molecule has 1 aliphatic rings. The van der Waals surface area contributed by atoms with Gasteiger partial charge in [0.15, 0.2) is 0 Å². The van der Waals surface area contributed by atoms with Crippen LogP contribution in [0.1, 0.15) is 48.3 Å². The molecule has 4 nitrogen and oxygen atoms in total. The quantitative estimate of drug-likeness (QED) is 0.833. The Morgan fingerprint density at radius 3 is 2.14 bits per heavy atom. The third-order valence-electron chi connectivity index (χ3n) is 5.70. The summed E-state index contributed by atoms with van der Waals surface area (Å²) in [4.78, 5) is 17.4. The molecule has 29 heavy (non-hydrogen) atoms. The zero-order chi connectivity index (χ0) is 21.0. The molecular weight excluding hydrogens is 365 g/mol. The minimum absolute atomic E-state index is 0.0297. The van der Waals surface area contributed by atoms with E-state index in [1.165, 1.54) is 17.7 Å². The first kappa shape index (κ1) is 21.5. The molecule has 0 saturated carbocycles. The van der Waals surface area contributed by atoms with Crippen molar-refractivity contribution in [3.63, 3.8) is 0 Å². The maximum atomic E-state index is 13.4. The molecule has 1 unspecified atom stereocenters. The summed E-state index contributed by atoms with van der Waals surface area (Å²) in [6.45, 7) is 10.8. The van der Waals surface area contributed by atoms with Crippen molar-refractivity contribution in [3.8, 4) is 0 Å². The van der Waals surface area contributed by atoms with Crippen molar-refractivity contribution in [2.24, 2.45) is 0 Å². The molecule has 3 rings (SSSR count). The fourth-order valence-electron chi connectivity index (χ4n) is 3.69. The second-order valence-corrected chi connectivity index (χ2v) is 8.94. The highest BCUT2D eigenvalue weighted by Crippen LogP contribution is 2.24. The lowest BCUT2D eigenvalue weighted by Crippen LogP contribution is -2.48. The second kappa shape index (κ2) is 9.06. The summed E-state index contributed by atoms with van der Waals surface area (Å²) in [5, 5.41) is 3.09. The number of benzene rings is 2. The van der Waals surface area contributed by atoms with Gasteiger partial charge in [-0.15, -0.1) is 0 Å². The molecule has 1 atom stereocenters. The van der Waals surface area contributed by atoms with Crippen molar-refractivity contribution in [3.05, 3.63) is 71.0 Å². The average Bonchev–Trinajstić information content (AvgIpc) is 2.70. The number of amides is 1. The van der Waals surface area contributed by atoms with Gasteiger partial charge in [0.1, 0.15) is 5.82 Å². The first-order valence-corrected chi connectivity index (χ1v) is 10.3. The van der Waals surface area contributed by atoms with E-state index >= 15 is 0 Å². The van der Waals surface area contributed by atoms with E-state index in [1.807, 2.05) is 36.4 Å². The highest BCUT2D eigenvalue weighted by atomic mass is 19.1. The zero-order valence-corrected chi connectivity index (χ0v) is 17.9.